The third-order valence-corrected chi connectivity index (χ3v) is 7.64. The van der Waals surface area contributed by atoms with Crippen LogP contribution in [0.1, 0.15) is 114 Å². The van der Waals surface area contributed by atoms with Crippen LogP contribution in [0, 0.1) is 5.92 Å². The summed E-state index contributed by atoms with van der Waals surface area (Å²) in [5.74, 6) is -0.571. The summed E-state index contributed by atoms with van der Waals surface area (Å²) in [4.78, 5) is 28.8. The Labute approximate surface area is 201 Å². The Hall–Kier alpha value is -1.68. The van der Waals surface area contributed by atoms with Crippen molar-refractivity contribution in [3.63, 3.8) is 0 Å². The van der Waals surface area contributed by atoms with Crippen LogP contribution in [-0.2, 0) is 14.9 Å². The van der Waals surface area contributed by atoms with Gasteiger partial charge in [0.05, 0.1) is 12.5 Å². The molecule has 184 valence electrons. The topological polar surface area (TPSA) is 46.6 Å². The van der Waals surface area contributed by atoms with Gasteiger partial charge < -0.3 is 4.74 Å². The Morgan fingerprint density at radius 1 is 0.909 bits per heavy atom. The zero-order chi connectivity index (χ0) is 23.8. The van der Waals surface area contributed by atoms with Gasteiger partial charge in [-0.25, -0.2) is 0 Å². The van der Waals surface area contributed by atoms with Crippen LogP contribution in [0.4, 0.5) is 0 Å². The molecule has 0 spiro atoms. The van der Waals surface area contributed by atoms with Crippen molar-refractivity contribution in [1.82, 2.24) is 4.90 Å². The second-order valence-electron chi connectivity index (χ2n) is 11.2. The highest BCUT2D eigenvalue weighted by Crippen LogP contribution is 2.32. The highest BCUT2D eigenvalue weighted by atomic mass is 16.5. The van der Waals surface area contributed by atoms with Gasteiger partial charge >= 0.3 is 5.97 Å². The van der Waals surface area contributed by atoms with Gasteiger partial charge in [-0.15, -0.1) is 0 Å². The zero-order valence-electron chi connectivity index (χ0n) is 21.4. The summed E-state index contributed by atoms with van der Waals surface area (Å²) >= 11 is 0. The number of esters is 1. The first-order chi connectivity index (χ1) is 15.8. The van der Waals surface area contributed by atoms with Crippen LogP contribution in [0.3, 0.4) is 0 Å². The van der Waals surface area contributed by atoms with Crippen molar-refractivity contribution in [2.24, 2.45) is 5.92 Å². The fourth-order valence-corrected chi connectivity index (χ4v) is 5.66. The van der Waals surface area contributed by atoms with Crippen molar-refractivity contribution in [3.8, 4) is 0 Å². The van der Waals surface area contributed by atoms with E-state index < -0.39 is 5.92 Å². The van der Waals surface area contributed by atoms with E-state index in [4.69, 9.17) is 4.74 Å². The summed E-state index contributed by atoms with van der Waals surface area (Å²) < 4.78 is 5.46. The number of hydrogen-bond acceptors (Lipinski definition) is 4. The van der Waals surface area contributed by atoms with Gasteiger partial charge in [0.15, 0.2) is 5.78 Å². The van der Waals surface area contributed by atoms with E-state index in [1.165, 1.54) is 69.8 Å². The minimum Gasteiger partial charge on any atom is -0.466 e. The molecule has 2 saturated carbocycles. The molecular formula is C29H45NO3. The molecule has 1 atom stereocenters. The summed E-state index contributed by atoms with van der Waals surface area (Å²) in [6, 6.07) is 9.02. The fraction of sp³-hybridized carbons (Fsp3) is 0.724. The van der Waals surface area contributed by atoms with Crippen molar-refractivity contribution in [1.29, 1.82) is 0 Å². The minimum absolute atomic E-state index is 0.0424. The number of ketones is 1. The van der Waals surface area contributed by atoms with Crippen LogP contribution in [0.5, 0.6) is 0 Å². The van der Waals surface area contributed by atoms with E-state index in [-0.39, 0.29) is 23.6 Å². The van der Waals surface area contributed by atoms with E-state index in [0.29, 0.717) is 30.8 Å². The van der Waals surface area contributed by atoms with Crippen LogP contribution in [0.2, 0.25) is 0 Å². The maximum absolute atomic E-state index is 13.2. The lowest BCUT2D eigenvalue weighted by Crippen LogP contribution is -2.49. The van der Waals surface area contributed by atoms with Crippen LogP contribution in [0.15, 0.2) is 24.3 Å². The largest absolute Gasteiger partial charge is 0.466 e. The molecule has 2 aliphatic rings. The highest BCUT2D eigenvalue weighted by molar-refractivity contribution is 5.98. The van der Waals surface area contributed by atoms with E-state index in [9.17, 15) is 9.59 Å². The van der Waals surface area contributed by atoms with Gasteiger partial charge in [0.1, 0.15) is 0 Å². The first-order valence-electron chi connectivity index (χ1n) is 13.4. The zero-order valence-corrected chi connectivity index (χ0v) is 21.4. The van der Waals surface area contributed by atoms with Gasteiger partial charge in [0, 0.05) is 30.6 Å². The Bertz CT molecular complexity index is 734. The molecule has 4 heteroatoms. The average molecular weight is 456 g/mol. The first-order valence-corrected chi connectivity index (χ1v) is 13.4. The first kappa shape index (κ1) is 25.9. The third kappa shape index (κ3) is 7.40. The molecular weight excluding hydrogens is 410 g/mol. The molecule has 2 aliphatic carbocycles. The van der Waals surface area contributed by atoms with Gasteiger partial charge in [-0.2, -0.15) is 0 Å². The molecule has 0 aliphatic heterocycles. The standard InChI is InChI=1S/C29H45NO3/c1-5-33-28(32)23(20-27(31)22-16-18-24(19-17-22)29(2,3)4)21-30(25-12-8-6-9-13-25)26-14-10-7-11-15-26/h16-19,23,25-26H,5-15,20-21H2,1-4H3. The van der Waals surface area contributed by atoms with Gasteiger partial charge in [0.25, 0.3) is 0 Å². The summed E-state index contributed by atoms with van der Waals surface area (Å²) in [6.45, 7) is 9.38. The van der Waals surface area contributed by atoms with E-state index in [0.717, 1.165) is 0 Å². The second kappa shape index (κ2) is 12.1. The third-order valence-electron chi connectivity index (χ3n) is 7.64. The molecule has 0 N–H and O–H groups in total. The van der Waals surface area contributed by atoms with Crippen LogP contribution in [-0.4, -0.2) is 41.9 Å². The highest BCUT2D eigenvalue weighted by Gasteiger charge is 2.34. The number of rotatable bonds is 9. The van der Waals surface area contributed by atoms with Gasteiger partial charge in [-0.3, -0.25) is 14.5 Å². The Kier molecular flexibility index (Phi) is 9.55. The van der Waals surface area contributed by atoms with Crippen molar-refractivity contribution in [2.75, 3.05) is 13.2 Å². The maximum atomic E-state index is 13.2. The number of benzene rings is 1. The SMILES string of the molecule is CCOC(=O)C(CC(=O)c1ccc(C(C)(C)C)cc1)CN(C1CCCCC1)C1CCCCC1. The maximum Gasteiger partial charge on any atom is 0.310 e. The molecule has 0 aromatic heterocycles. The molecule has 0 bridgehead atoms. The molecule has 0 amide bonds. The van der Waals surface area contributed by atoms with Crippen LogP contribution >= 0.6 is 0 Å². The smallest absolute Gasteiger partial charge is 0.310 e. The number of carbonyl (C=O) groups excluding carboxylic acids is 2. The minimum atomic E-state index is -0.399. The molecule has 3 rings (SSSR count). The summed E-state index contributed by atoms with van der Waals surface area (Å²) in [5.41, 5.74) is 1.95. The van der Waals surface area contributed by atoms with Crippen molar-refractivity contribution < 1.29 is 14.3 Å². The lowest BCUT2D eigenvalue weighted by Gasteiger charge is -2.43. The summed E-state index contributed by atoms with van der Waals surface area (Å²) in [6.07, 6.45) is 12.8. The number of Topliss-reactive ketones (excluding diaryl/α,β-unsaturated/α-hetero) is 1. The lowest BCUT2D eigenvalue weighted by molar-refractivity contribution is -0.149. The van der Waals surface area contributed by atoms with Gasteiger partial charge in [-0.05, 0) is 43.6 Å². The molecule has 0 radical (unpaired) electrons. The van der Waals surface area contributed by atoms with Crippen molar-refractivity contribution >= 4 is 11.8 Å². The normalized spacial score (nSPS) is 19.4. The van der Waals surface area contributed by atoms with E-state index in [1.807, 2.05) is 31.2 Å². The summed E-state index contributed by atoms with van der Waals surface area (Å²) in [7, 11) is 0. The molecule has 1 unspecified atom stereocenters. The monoisotopic (exact) mass is 455 g/mol. The predicted molar refractivity (Wildman–Crippen MR) is 135 cm³/mol. The molecule has 1 aromatic carbocycles. The molecule has 0 heterocycles. The Morgan fingerprint density at radius 3 is 1.88 bits per heavy atom. The molecule has 0 saturated heterocycles. The molecule has 2 fully saturated rings. The second-order valence-corrected chi connectivity index (χ2v) is 11.2. The fourth-order valence-electron chi connectivity index (χ4n) is 5.66. The molecule has 33 heavy (non-hydrogen) atoms. The number of ether oxygens (including phenoxy) is 1. The van der Waals surface area contributed by atoms with Crippen molar-refractivity contribution in [3.05, 3.63) is 35.4 Å². The quantitative estimate of drug-likeness (QED) is 0.307. The van der Waals surface area contributed by atoms with E-state index in [2.05, 4.69) is 25.7 Å². The number of nitrogens with zero attached hydrogens (tertiary/aromatic N) is 1. The van der Waals surface area contributed by atoms with E-state index in [1.54, 1.807) is 0 Å². The average Bonchev–Trinajstić information content (AvgIpc) is 2.82. The Morgan fingerprint density at radius 2 is 1.42 bits per heavy atom. The van der Waals surface area contributed by atoms with Crippen LogP contribution in [0.25, 0.3) is 0 Å². The number of carbonyl (C=O) groups is 2. The van der Waals surface area contributed by atoms with Gasteiger partial charge in [0.2, 0.25) is 0 Å². The molecule has 1 aromatic rings. The van der Waals surface area contributed by atoms with Crippen molar-refractivity contribution in [2.45, 2.75) is 116 Å². The Balaban J connectivity index is 1.76. The summed E-state index contributed by atoms with van der Waals surface area (Å²) in [5, 5.41) is 0. The van der Waals surface area contributed by atoms with Gasteiger partial charge in [-0.1, -0.05) is 83.6 Å². The van der Waals surface area contributed by atoms with E-state index >= 15 is 0 Å². The predicted octanol–water partition coefficient (Wildman–Crippen LogP) is 6.70. The lowest BCUT2D eigenvalue weighted by atomic mass is 9.85. The molecule has 4 nitrogen and oxygen atoms in total. The number of hydrogen-bond donors (Lipinski definition) is 0. The van der Waals surface area contributed by atoms with Crippen LogP contribution < -0.4 is 0 Å².